The molecule has 0 atom stereocenters. The molecular weight excluding hydrogens is 278 g/mol. The molecule has 2 aromatic rings. The predicted octanol–water partition coefficient (Wildman–Crippen LogP) is 2.46. The molecular formula is C14H10ClN3O2. The number of hydrogen-bond donors (Lipinski definition) is 2. The smallest absolute Gasteiger partial charge is 0.255 e. The number of amides is 1. The Kier molecular flexibility index (Phi) is 3.87. The Balaban J connectivity index is 2.26. The third-order valence-electron chi connectivity index (χ3n) is 2.59. The normalized spacial score (nSPS) is 9.85. The number of carbonyl (C=O) groups is 1. The van der Waals surface area contributed by atoms with Gasteiger partial charge in [-0.25, -0.2) is 0 Å². The molecule has 0 saturated carbocycles. The Hall–Kier alpha value is -2.58. The summed E-state index contributed by atoms with van der Waals surface area (Å²) >= 11 is 5.88. The maximum Gasteiger partial charge on any atom is 0.255 e. The van der Waals surface area contributed by atoms with Gasteiger partial charge in [-0.2, -0.15) is 5.26 Å². The highest BCUT2D eigenvalue weighted by molar-refractivity contribution is 6.32. The fraction of sp³-hybridized carbons (Fsp3) is 0.0714. The van der Waals surface area contributed by atoms with Crippen molar-refractivity contribution in [1.29, 1.82) is 5.26 Å². The van der Waals surface area contributed by atoms with E-state index < -0.39 is 5.91 Å². The van der Waals surface area contributed by atoms with Crippen molar-refractivity contribution < 1.29 is 4.79 Å². The average molecular weight is 288 g/mol. The third-order valence-corrected chi connectivity index (χ3v) is 2.90. The molecule has 1 aromatic heterocycles. The summed E-state index contributed by atoms with van der Waals surface area (Å²) in [5, 5.41) is 11.6. The van der Waals surface area contributed by atoms with Gasteiger partial charge in [0.25, 0.3) is 5.91 Å². The summed E-state index contributed by atoms with van der Waals surface area (Å²) in [5.41, 5.74) is 1.30. The van der Waals surface area contributed by atoms with E-state index in [1.807, 2.05) is 6.07 Å². The molecule has 0 aliphatic rings. The summed E-state index contributed by atoms with van der Waals surface area (Å²) in [6.45, 7) is 1.69. The summed E-state index contributed by atoms with van der Waals surface area (Å²) in [6, 6.07) is 9.29. The number of rotatable bonds is 2. The van der Waals surface area contributed by atoms with Crippen molar-refractivity contribution in [2.75, 3.05) is 5.32 Å². The molecule has 0 aliphatic carbocycles. The molecule has 0 bridgehead atoms. The van der Waals surface area contributed by atoms with E-state index in [-0.39, 0.29) is 16.1 Å². The van der Waals surface area contributed by atoms with Crippen molar-refractivity contribution in [3.63, 3.8) is 0 Å². The minimum atomic E-state index is -0.417. The SMILES string of the molecule is Cc1cc(C(=O)Nc2ccc(C#N)c(Cl)c2)cc(=O)[nH]1. The number of benzene rings is 1. The third kappa shape index (κ3) is 3.05. The zero-order valence-electron chi connectivity index (χ0n) is 10.5. The van der Waals surface area contributed by atoms with Crippen molar-refractivity contribution >= 4 is 23.2 Å². The largest absolute Gasteiger partial charge is 0.326 e. The van der Waals surface area contributed by atoms with Gasteiger partial charge in [0.2, 0.25) is 5.56 Å². The molecule has 6 heteroatoms. The van der Waals surface area contributed by atoms with Crippen LogP contribution in [0.3, 0.4) is 0 Å². The van der Waals surface area contributed by atoms with E-state index in [0.29, 0.717) is 16.9 Å². The lowest BCUT2D eigenvalue weighted by atomic mass is 10.2. The first kappa shape index (κ1) is 13.8. The van der Waals surface area contributed by atoms with Crippen LogP contribution in [0.5, 0.6) is 0 Å². The quantitative estimate of drug-likeness (QED) is 0.889. The molecule has 2 rings (SSSR count). The van der Waals surface area contributed by atoms with Gasteiger partial charge in [0.05, 0.1) is 10.6 Å². The summed E-state index contributed by atoms with van der Waals surface area (Å²) in [6.07, 6.45) is 0. The molecule has 1 aromatic carbocycles. The maximum absolute atomic E-state index is 12.0. The van der Waals surface area contributed by atoms with Crippen LogP contribution in [0.25, 0.3) is 0 Å². The van der Waals surface area contributed by atoms with Crippen LogP contribution < -0.4 is 10.9 Å². The number of aromatic amines is 1. The second-order valence-electron chi connectivity index (χ2n) is 4.18. The molecule has 0 spiro atoms. The van der Waals surface area contributed by atoms with E-state index in [4.69, 9.17) is 16.9 Å². The molecule has 2 N–H and O–H groups in total. The van der Waals surface area contributed by atoms with Gasteiger partial charge in [0, 0.05) is 23.0 Å². The standard InChI is InChI=1S/C14H10ClN3O2/c1-8-4-10(5-13(19)17-8)14(20)18-11-3-2-9(7-16)12(15)6-11/h2-6H,1H3,(H,17,19)(H,18,20). The lowest BCUT2D eigenvalue weighted by Crippen LogP contribution is -2.16. The number of nitriles is 1. The Morgan fingerprint density at radius 1 is 1.35 bits per heavy atom. The van der Waals surface area contributed by atoms with Crippen LogP contribution in [0.4, 0.5) is 5.69 Å². The Morgan fingerprint density at radius 3 is 2.70 bits per heavy atom. The first-order chi connectivity index (χ1) is 9.49. The zero-order chi connectivity index (χ0) is 14.7. The van der Waals surface area contributed by atoms with Gasteiger partial charge in [0.1, 0.15) is 6.07 Å². The highest BCUT2D eigenvalue weighted by Crippen LogP contribution is 2.20. The van der Waals surface area contributed by atoms with Crippen LogP contribution in [0.15, 0.2) is 35.1 Å². The van der Waals surface area contributed by atoms with Crippen molar-refractivity contribution in [2.24, 2.45) is 0 Å². The van der Waals surface area contributed by atoms with Gasteiger partial charge in [-0.1, -0.05) is 11.6 Å². The van der Waals surface area contributed by atoms with Gasteiger partial charge in [-0.05, 0) is 31.2 Å². The summed E-state index contributed by atoms with van der Waals surface area (Å²) in [4.78, 5) is 25.9. The number of carbonyl (C=O) groups excluding carboxylic acids is 1. The molecule has 5 nitrogen and oxygen atoms in total. The Morgan fingerprint density at radius 2 is 2.10 bits per heavy atom. The van der Waals surface area contributed by atoms with Gasteiger partial charge in [-0.15, -0.1) is 0 Å². The minimum Gasteiger partial charge on any atom is -0.326 e. The second kappa shape index (κ2) is 5.59. The number of nitrogens with zero attached hydrogens (tertiary/aromatic N) is 1. The number of aromatic nitrogens is 1. The van der Waals surface area contributed by atoms with Crippen LogP contribution in [-0.2, 0) is 0 Å². The number of halogens is 1. The minimum absolute atomic E-state index is 0.256. The fourth-order valence-corrected chi connectivity index (χ4v) is 1.92. The number of anilines is 1. The lowest BCUT2D eigenvalue weighted by molar-refractivity contribution is 0.102. The number of pyridine rings is 1. The number of nitrogens with one attached hydrogen (secondary N) is 2. The summed E-state index contributed by atoms with van der Waals surface area (Å²) in [7, 11) is 0. The Labute approximate surface area is 119 Å². The van der Waals surface area contributed by atoms with Crippen molar-refractivity contribution in [2.45, 2.75) is 6.92 Å². The van der Waals surface area contributed by atoms with E-state index in [1.54, 1.807) is 19.1 Å². The van der Waals surface area contributed by atoms with Gasteiger partial charge < -0.3 is 10.3 Å². The summed E-state index contributed by atoms with van der Waals surface area (Å²) < 4.78 is 0. The van der Waals surface area contributed by atoms with Crippen LogP contribution in [0.1, 0.15) is 21.6 Å². The average Bonchev–Trinajstić information content (AvgIpc) is 2.37. The van der Waals surface area contributed by atoms with Gasteiger partial charge in [-0.3, -0.25) is 9.59 Å². The van der Waals surface area contributed by atoms with Gasteiger partial charge in [0.15, 0.2) is 0 Å². The van der Waals surface area contributed by atoms with E-state index in [2.05, 4.69) is 10.3 Å². The van der Waals surface area contributed by atoms with Gasteiger partial charge >= 0.3 is 0 Å². The second-order valence-corrected chi connectivity index (χ2v) is 4.58. The molecule has 20 heavy (non-hydrogen) atoms. The first-order valence-corrected chi connectivity index (χ1v) is 6.09. The topological polar surface area (TPSA) is 85.8 Å². The number of H-pyrrole nitrogens is 1. The van der Waals surface area contributed by atoms with Crippen molar-refractivity contribution in [3.8, 4) is 6.07 Å². The van der Waals surface area contributed by atoms with Crippen molar-refractivity contribution in [3.05, 3.63) is 62.5 Å². The van der Waals surface area contributed by atoms with E-state index in [1.165, 1.54) is 18.2 Å². The van der Waals surface area contributed by atoms with E-state index in [0.717, 1.165) is 0 Å². The van der Waals surface area contributed by atoms with Crippen molar-refractivity contribution in [1.82, 2.24) is 4.98 Å². The molecule has 0 aliphatic heterocycles. The molecule has 0 saturated heterocycles. The molecule has 0 fully saturated rings. The number of aryl methyl sites for hydroxylation is 1. The van der Waals surface area contributed by atoms with E-state index >= 15 is 0 Å². The monoisotopic (exact) mass is 287 g/mol. The summed E-state index contributed by atoms with van der Waals surface area (Å²) in [5.74, 6) is -0.417. The first-order valence-electron chi connectivity index (χ1n) is 5.71. The highest BCUT2D eigenvalue weighted by Gasteiger charge is 2.09. The predicted molar refractivity (Wildman–Crippen MR) is 75.9 cm³/mol. The molecule has 1 amide bonds. The molecule has 1 heterocycles. The fourth-order valence-electron chi connectivity index (χ4n) is 1.70. The molecule has 100 valence electrons. The van der Waals surface area contributed by atoms with Crippen LogP contribution >= 0.6 is 11.6 Å². The number of hydrogen-bond acceptors (Lipinski definition) is 3. The highest BCUT2D eigenvalue weighted by atomic mass is 35.5. The molecule has 0 radical (unpaired) electrons. The maximum atomic E-state index is 12.0. The molecule has 0 unspecified atom stereocenters. The van der Waals surface area contributed by atoms with Crippen LogP contribution in [0, 0.1) is 18.3 Å². The van der Waals surface area contributed by atoms with Crippen LogP contribution in [0.2, 0.25) is 5.02 Å². The zero-order valence-corrected chi connectivity index (χ0v) is 11.3. The van der Waals surface area contributed by atoms with E-state index in [9.17, 15) is 9.59 Å². The lowest BCUT2D eigenvalue weighted by Gasteiger charge is -2.06. The van der Waals surface area contributed by atoms with Crippen LogP contribution in [-0.4, -0.2) is 10.9 Å². The Bertz CT molecular complexity index is 775.